The maximum atomic E-state index is 11.0. The minimum Gasteiger partial charge on any atom is -0.494 e. The minimum absolute atomic E-state index is 0.134. The van der Waals surface area contributed by atoms with E-state index in [0.717, 1.165) is 0 Å². The highest BCUT2D eigenvalue weighted by molar-refractivity contribution is 5.88. The summed E-state index contributed by atoms with van der Waals surface area (Å²) in [5.41, 5.74) is -0.585. The van der Waals surface area contributed by atoms with E-state index in [0.29, 0.717) is 5.39 Å². The van der Waals surface area contributed by atoms with Gasteiger partial charge < -0.3 is 5.11 Å². The molecule has 0 aliphatic rings. The van der Waals surface area contributed by atoms with Crippen molar-refractivity contribution < 1.29 is 10.0 Å². The van der Waals surface area contributed by atoms with Crippen LogP contribution >= 0.6 is 0 Å². The van der Waals surface area contributed by atoms with E-state index < -0.39 is 10.5 Å². The third kappa shape index (κ3) is 1.52. The van der Waals surface area contributed by atoms with Crippen LogP contribution in [0.3, 0.4) is 0 Å². The average molecular weight is 206 g/mol. The Labute approximate surface area is 82.9 Å². The number of fused-ring (bicyclic) bond motifs is 1. The largest absolute Gasteiger partial charge is 0.494 e. The SMILES string of the molecule is O=c1cc2ccc([N+](=O)[O-])cc2c(O)[nH]1. The van der Waals surface area contributed by atoms with Gasteiger partial charge in [-0.15, -0.1) is 0 Å². The summed E-state index contributed by atoms with van der Waals surface area (Å²) < 4.78 is 0. The smallest absolute Gasteiger partial charge is 0.270 e. The number of hydrogen-bond acceptors (Lipinski definition) is 4. The molecule has 2 N–H and O–H groups in total. The molecule has 1 aromatic heterocycles. The van der Waals surface area contributed by atoms with Crippen LogP contribution in [0.1, 0.15) is 0 Å². The standard InChI is InChI=1S/C9H6N2O4/c12-8-3-5-1-2-6(11(14)15)4-7(5)9(13)10-8/h1-4H,(H2,10,12,13). The number of hydrogen-bond donors (Lipinski definition) is 2. The number of aromatic nitrogens is 1. The first-order valence-corrected chi connectivity index (χ1v) is 4.08. The Kier molecular flexibility index (Phi) is 1.89. The summed E-state index contributed by atoms with van der Waals surface area (Å²) in [6.07, 6.45) is 0. The van der Waals surface area contributed by atoms with E-state index in [1.54, 1.807) is 0 Å². The van der Waals surface area contributed by atoms with E-state index >= 15 is 0 Å². The van der Waals surface area contributed by atoms with Crippen LogP contribution in [0, 0.1) is 10.1 Å². The highest BCUT2D eigenvalue weighted by Crippen LogP contribution is 2.24. The van der Waals surface area contributed by atoms with Crippen molar-refractivity contribution in [1.29, 1.82) is 0 Å². The fraction of sp³-hybridized carbons (Fsp3) is 0. The molecule has 0 fully saturated rings. The molecule has 6 nitrogen and oxygen atoms in total. The first kappa shape index (κ1) is 9.20. The van der Waals surface area contributed by atoms with Crippen LogP contribution in [0.15, 0.2) is 29.1 Å². The first-order chi connectivity index (χ1) is 7.08. The summed E-state index contributed by atoms with van der Waals surface area (Å²) in [6, 6.07) is 5.17. The van der Waals surface area contributed by atoms with Crippen LogP contribution in [-0.4, -0.2) is 15.0 Å². The number of pyridine rings is 1. The lowest BCUT2D eigenvalue weighted by molar-refractivity contribution is -0.384. The molecule has 1 aromatic carbocycles. The molecule has 0 saturated carbocycles. The molecule has 76 valence electrons. The zero-order valence-electron chi connectivity index (χ0n) is 7.43. The van der Waals surface area contributed by atoms with Crippen molar-refractivity contribution in [2.24, 2.45) is 0 Å². The van der Waals surface area contributed by atoms with Crippen LogP contribution in [0.25, 0.3) is 10.8 Å². The Balaban J connectivity index is 2.82. The third-order valence-electron chi connectivity index (χ3n) is 2.03. The molecule has 0 radical (unpaired) electrons. The van der Waals surface area contributed by atoms with E-state index in [-0.39, 0.29) is 17.0 Å². The van der Waals surface area contributed by atoms with Crippen molar-refractivity contribution in [1.82, 2.24) is 4.98 Å². The molecule has 2 rings (SSSR count). The Morgan fingerprint density at radius 3 is 2.73 bits per heavy atom. The quantitative estimate of drug-likeness (QED) is 0.540. The van der Waals surface area contributed by atoms with Gasteiger partial charge in [0.05, 0.1) is 4.92 Å². The summed E-state index contributed by atoms with van der Waals surface area (Å²) in [5, 5.41) is 20.6. The van der Waals surface area contributed by atoms with Crippen molar-refractivity contribution in [3.63, 3.8) is 0 Å². The molecular formula is C9H6N2O4. The molecule has 0 aliphatic carbocycles. The summed E-state index contributed by atoms with van der Waals surface area (Å²) in [5.74, 6) is -0.360. The molecule has 2 aromatic rings. The first-order valence-electron chi connectivity index (χ1n) is 4.08. The molecule has 0 amide bonds. The molecule has 1 heterocycles. The number of benzene rings is 1. The number of H-pyrrole nitrogens is 1. The lowest BCUT2D eigenvalue weighted by atomic mass is 10.1. The second-order valence-corrected chi connectivity index (χ2v) is 3.01. The van der Waals surface area contributed by atoms with Gasteiger partial charge in [-0.25, -0.2) is 0 Å². The third-order valence-corrected chi connectivity index (χ3v) is 2.03. The van der Waals surface area contributed by atoms with Gasteiger partial charge in [-0.2, -0.15) is 0 Å². The fourth-order valence-corrected chi connectivity index (χ4v) is 1.35. The van der Waals surface area contributed by atoms with Crippen molar-refractivity contribution in [2.45, 2.75) is 0 Å². The van der Waals surface area contributed by atoms with E-state index in [2.05, 4.69) is 4.98 Å². The summed E-state index contributed by atoms with van der Waals surface area (Å²) in [4.78, 5) is 23.0. The Bertz CT molecular complexity index is 603. The molecule has 0 unspecified atom stereocenters. The molecule has 6 heteroatoms. The monoisotopic (exact) mass is 206 g/mol. The van der Waals surface area contributed by atoms with Crippen LogP contribution in [0.5, 0.6) is 5.88 Å². The second-order valence-electron chi connectivity index (χ2n) is 3.01. The molecular weight excluding hydrogens is 200 g/mol. The number of aromatic amines is 1. The van der Waals surface area contributed by atoms with Crippen molar-refractivity contribution in [3.05, 3.63) is 44.7 Å². The van der Waals surface area contributed by atoms with Gasteiger partial charge in [-0.3, -0.25) is 19.9 Å². The highest BCUT2D eigenvalue weighted by atomic mass is 16.6. The number of nitro benzene ring substituents is 1. The number of rotatable bonds is 1. The Morgan fingerprint density at radius 1 is 1.33 bits per heavy atom. The lowest BCUT2D eigenvalue weighted by Gasteiger charge is -1.99. The van der Waals surface area contributed by atoms with Crippen molar-refractivity contribution >= 4 is 16.5 Å². The predicted octanol–water partition coefficient (Wildman–Crippen LogP) is 1.14. The van der Waals surface area contributed by atoms with E-state index in [9.17, 15) is 20.0 Å². The second kappa shape index (κ2) is 3.09. The number of non-ortho nitro benzene ring substituents is 1. The van der Waals surface area contributed by atoms with Gasteiger partial charge in [-0.05, 0) is 11.5 Å². The van der Waals surface area contributed by atoms with E-state index in [1.807, 2.05) is 0 Å². The molecule has 0 bridgehead atoms. The van der Waals surface area contributed by atoms with Crippen molar-refractivity contribution in [3.8, 4) is 5.88 Å². The van der Waals surface area contributed by atoms with Gasteiger partial charge in [0.1, 0.15) is 0 Å². The summed E-state index contributed by atoms with van der Waals surface area (Å²) in [6.45, 7) is 0. The van der Waals surface area contributed by atoms with Gasteiger partial charge >= 0.3 is 0 Å². The van der Waals surface area contributed by atoms with Crippen molar-refractivity contribution in [2.75, 3.05) is 0 Å². The zero-order chi connectivity index (χ0) is 11.0. The maximum Gasteiger partial charge on any atom is 0.270 e. The molecule has 0 saturated heterocycles. The molecule has 0 atom stereocenters. The van der Waals surface area contributed by atoms with Gasteiger partial charge in [-0.1, -0.05) is 0 Å². The van der Waals surface area contributed by atoms with Crippen LogP contribution in [-0.2, 0) is 0 Å². The highest BCUT2D eigenvalue weighted by Gasteiger charge is 2.09. The minimum atomic E-state index is -0.565. The van der Waals surface area contributed by atoms with Gasteiger partial charge in [0, 0.05) is 23.6 Å². The fourth-order valence-electron chi connectivity index (χ4n) is 1.35. The Morgan fingerprint density at radius 2 is 2.07 bits per heavy atom. The average Bonchev–Trinajstić information content (AvgIpc) is 2.16. The summed E-state index contributed by atoms with van der Waals surface area (Å²) in [7, 11) is 0. The van der Waals surface area contributed by atoms with Crippen LogP contribution in [0.2, 0.25) is 0 Å². The zero-order valence-corrected chi connectivity index (χ0v) is 7.43. The molecule has 0 aliphatic heterocycles. The van der Waals surface area contributed by atoms with Gasteiger partial charge in [0.2, 0.25) is 0 Å². The van der Waals surface area contributed by atoms with Gasteiger partial charge in [0.25, 0.3) is 11.2 Å². The number of nitro groups is 1. The predicted molar refractivity (Wildman–Crippen MR) is 52.9 cm³/mol. The molecule has 15 heavy (non-hydrogen) atoms. The number of nitrogens with zero attached hydrogens (tertiary/aromatic N) is 1. The molecule has 0 spiro atoms. The van der Waals surface area contributed by atoms with E-state index in [1.165, 1.54) is 24.3 Å². The van der Waals surface area contributed by atoms with Crippen LogP contribution < -0.4 is 5.56 Å². The van der Waals surface area contributed by atoms with Crippen LogP contribution in [0.4, 0.5) is 5.69 Å². The Hall–Kier alpha value is -2.37. The maximum absolute atomic E-state index is 11.0. The number of nitrogens with one attached hydrogen (secondary N) is 1. The lowest BCUT2D eigenvalue weighted by Crippen LogP contribution is -2.02. The van der Waals surface area contributed by atoms with Gasteiger partial charge in [0.15, 0.2) is 5.88 Å². The topological polar surface area (TPSA) is 96.2 Å². The summed E-state index contributed by atoms with van der Waals surface area (Å²) >= 11 is 0. The van der Waals surface area contributed by atoms with E-state index in [4.69, 9.17) is 0 Å². The number of aromatic hydroxyl groups is 1. The normalized spacial score (nSPS) is 10.4.